The molecule has 4 amide bonds. The minimum absolute atomic E-state index is 0.120. The van der Waals surface area contributed by atoms with E-state index in [1.807, 2.05) is 13.8 Å². The molecule has 2 fully saturated rings. The summed E-state index contributed by atoms with van der Waals surface area (Å²) in [6, 6.07) is -1.34. The largest absolute Gasteiger partial charge is 0.467 e. The minimum Gasteiger partial charge on any atom is -0.467 e. The van der Waals surface area contributed by atoms with E-state index in [0.717, 1.165) is 17.7 Å². The highest BCUT2D eigenvalue weighted by molar-refractivity contribution is 6.09. The zero-order chi connectivity index (χ0) is 17.9. The molecular weight excluding hydrogens is 314 g/mol. The summed E-state index contributed by atoms with van der Waals surface area (Å²) in [7, 11) is 1.26. The highest BCUT2D eigenvalue weighted by atomic mass is 16.5. The van der Waals surface area contributed by atoms with E-state index in [4.69, 9.17) is 4.74 Å². The number of urea groups is 1. The molecule has 1 aliphatic heterocycles. The van der Waals surface area contributed by atoms with Gasteiger partial charge >= 0.3 is 12.0 Å². The van der Waals surface area contributed by atoms with E-state index in [0.29, 0.717) is 19.3 Å². The molecule has 1 heterocycles. The van der Waals surface area contributed by atoms with Crippen LogP contribution in [0.1, 0.15) is 46.0 Å². The minimum atomic E-state index is -0.837. The average molecular weight is 339 g/mol. The maximum Gasteiger partial charge on any atom is 0.328 e. The van der Waals surface area contributed by atoms with Crippen LogP contribution in [-0.2, 0) is 19.1 Å². The Kier molecular flexibility index (Phi) is 5.46. The zero-order valence-corrected chi connectivity index (χ0v) is 14.4. The molecule has 0 aromatic rings. The number of ether oxygens (including phenoxy) is 1. The summed E-state index contributed by atoms with van der Waals surface area (Å²) in [6.45, 7) is 3.33. The van der Waals surface area contributed by atoms with Gasteiger partial charge in [0.2, 0.25) is 5.91 Å². The van der Waals surface area contributed by atoms with Crippen molar-refractivity contribution in [3.8, 4) is 0 Å². The number of carbonyl (C=O) groups excluding carboxylic acids is 4. The van der Waals surface area contributed by atoms with Gasteiger partial charge in [-0.05, 0) is 18.8 Å². The Morgan fingerprint density at radius 2 is 1.96 bits per heavy atom. The smallest absolute Gasteiger partial charge is 0.328 e. The molecule has 2 atom stereocenters. The van der Waals surface area contributed by atoms with Crippen LogP contribution in [0, 0.1) is 5.92 Å². The third-order valence-corrected chi connectivity index (χ3v) is 4.99. The second-order valence-electron chi connectivity index (χ2n) is 6.56. The van der Waals surface area contributed by atoms with Crippen molar-refractivity contribution < 1.29 is 23.9 Å². The van der Waals surface area contributed by atoms with Crippen molar-refractivity contribution in [3.05, 3.63) is 0 Å². The van der Waals surface area contributed by atoms with Gasteiger partial charge in [-0.15, -0.1) is 0 Å². The van der Waals surface area contributed by atoms with Gasteiger partial charge in [-0.1, -0.05) is 33.1 Å². The van der Waals surface area contributed by atoms with Crippen molar-refractivity contribution in [2.24, 2.45) is 5.92 Å². The molecule has 1 spiro atoms. The third-order valence-electron chi connectivity index (χ3n) is 4.99. The van der Waals surface area contributed by atoms with Crippen molar-refractivity contribution in [2.45, 2.75) is 57.5 Å². The number of hydrogen-bond donors (Lipinski definition) is 2. The van der Waals surface area contributed by atoms with Gasteiger partial charge in [-0.3, -0.25) is 14.5 Å². The van der Waals surface area contributed by atoms with Gasteiger partial charge in [0.1, 0.15) is 18.1 Å². The summed E-state index contributed by atoms with van der Waals surface area (Å²) in [5.41, 5.74) is -0.837. The number of hydrogen-bond acceptors (Lipinski definition) is 5. The van der Waals surface area contributed by atoms with Crippen LogP contribution in [0.15, 0.2) is 0 Å². The maximum absolute atomic E-state index is 12.5. The third kappa shape index (κ3) is 3.37. The number of methoxy groups -OCH3 is 1. The molecule has 1 saturated heterocycles. The Labute approximate surface area is 141 Å². The van der Waals surface area contributed by atoms with Gasteiger partial charge in [0.15, 0.2) is 0 Å². The second-order valence-corrected chi connectivity index (χ2v) is 6.56. The number of carbonyl (C=O) groups is 4. The fourth-order valence-electron chi connectivity index (χ4n) is 3.30. The van der Waals surface area contributed by atoms with Crippen LogP contribution in [0.5, 0.6) is 0 Å². The van der Waals surface area contributed by atoms with E-state index in [9.17, 15) is 19.2 Å². The molecule has 0 aromatic heterocycles. The number of nitrogens with one attached hydrogen (secondary N) is 2. The Balaban J connectivity index is 2.02. The lowest BCUT2D eigenvalue weighted by Gasteiger charge is -2.23. The van der Waals surface area contributed by atoms with E-state index in [1.165, 1.54) is 7.11 Å². The van der Waals surface area contributed by atoms with Crippen molar-refractivity contribution in [1.29, 1.82) is 0 Å². The molecular formula is C16H25N3O5. The quantitative estimate of drug-likeness (QED) is 0.543. The van der Waals surface area contributed by atoms with Crippen molar-refractivity contribution >= 4 is 23.8 Å². The van der Waals surface area contributed by atoms with Crippen LogP contribution in [0.4, 0.5) is 4.79 Å². The van der Waals surface area contributed by atoms with Crippen LogP contribution in [-0.4, -0.2) is 54.0 Å². The molecule has 2 rings (SSSR count). The lowest BCUT2D eigenvalue weighted by Crippen LogP contribution is -2.50. The highest BCUT2D eigenvalue weighted by Gasteiger charge is 2.52. The molecule has 2 aliphatic rings. The Hall–Kier alpha value is -2.12. The van der Waals surface area contributed by atoms with Gasteiger partial charge < -0.3 is 15.4 Å². The molecule has 0 radical (unpaired) electrons. The lowest BCUT2D eigenvalue weighted by atomic mass is 9.98. The SMILES string of the molecule is CC[C@H](C)[C@@H](NC(=O)CN1C(=O)NC2(CCCC2)C1=O)C(=O)OC. The van der Waals surface area contributed by atoms with Crippen LogP contribution < -0.4 is 10.6 Å². The fraction of sp³-hybridized carbons (Fsp3) is 0.750. The predicted octanol–water partition coefficient (Wildman–Crippen LogP) is 0.555. The van der Waals surface area contributed by atoms with Crippen molar-refractivity contribution in [2.75, 3.05) is 13.7 Å². The predicted molar refractivity (Wildman–Crippen MR) is 84.8 cm³/mol. The lowest BCUT2D eigenvalue weighted by molar-refractivity contribution is -0.146. The zero-order valence-electron chi connectivity index (χ0n) is 14.4. The Bertz CT molecular complexity index is 542. The van der Waals surface area contributed by atoms with E-state index in [2.05, 4.69) is 10.6 Å². The molecule has 0 aromatic carbocycles. The first-order chi connectivity index (χ1) is 11.3. The maximum atomic E-state index is 12.5. The molecule has 0 bridgehead atoms. The number of rotatable bonds is 6. The molecule has 134 valence electrons. The summed E-state index contributed by atoms with van der Waals surface area (Å²) in [4.78, 5) is 49.6. The molecule has 2 N–H and O–H groups in total. The first kappa shape index (κ1) is 18.2. The Morgan fingerprint density at radius 3 is 2.50 bits per heavy atom. The van der Waals surface area contributed by atoms with E-state index < -0.39 is 36.0 Å². The van der Waals surface area contributed by atoms with Gasteiger partial charge in [0.05, 0.1) is 7.11 Å². The topological polar surface area (TPSA) is 105 Å². The number of esters is 1. The number of nitrogens with zero attached hydrogens (tertiary/aromatic N) is 1. The molecule has 0 unspecified atom stereocenters. The molecule has 24 heavy (non-hydrogen) atoms. The number of imide groups is 1. The van der Waals surface area contributed by atoms with Crippen LogP contribution in [0.2, 0.25) is 0 Å². The molecule has 1 saturated carbocycles. The molecule has 8 nitrogen and oxygen atoms in total. The van der Waals surface area contributed by atoms with Crippen LogP contribution >= 0.6 is 0 Å². The normalized spacial score (nSPS) is 21.5. The summed E-state index contributed by atoms with van der Waals surface area (Å²) >= 11 is 0. The average Bonchev–Trinajstić information content (AvgIpc) is 3.12. The standard InChI is InChI=1S/C16H25N3O5/c1-4-10(2)12(13(21)24-3)17-11(20)9-19-14(22)16(18-15(19)23)7-5-6-8-16/h10,12H,4-9H2,1-3H3,(H,17,20)(H,18,23)/t10-,12+/m0/s1. The van der Waals surface area contributed by atoms with Gasteiger partial charge in [0, 0.05) is 0 Å². The van der Waals surface area contributed by atoms with Crippen molar-refractivity contribution in [1.82, 2.24) is 15.5 Å². The highest BCUT2D eigenvalue weighted by Crippen LogP contribution is 2.34. The van der Waals surface area contributed by atoms with Gasteiger partial charge in [-0.25, -0.2) is 9.59 Å². The summed E-state index contributed by atoms with van der Waals surface area (Å²) in [6.07, 6.45) is 3.64. The second kappa shape index (κ2) is 7.19. The first-order valence-electron chi connectivity index (χ1n) is 8.36. The van der Waals surface area contributed by atoms with Crippen molar-refractivity contribution in [3.63, 3.8) is 0 Å². The molecule has 8 heteroatoms. The number of amides is 4. The summed E-state index contributed by atoms with van der Waals surface area (Å²) in [5.74, 6) is -1.56. The van der Waals surface area contributed by atoms with Gasteiger partial charge in [-0.2, -0.15) is 0 Å². The first-order valence-corrected chi connectivity index (χ1v) is 8.36. The van der Waals surface area contributed by atoms with E-state index in [1.54, 1.807) is 0 Å². The van der Waals surface area contributed by atoms with E-state index >= 15 is 0 Å². The fourth-order valence-corrected chi connectivity index (χ4v) is 3.30. The summed E-state index contributed by atoms with van der Waals surface area (Å²) in [5, 5.41) is 5.30. The van der Waals surface area contributed by atoms with Gasteiger partial charge in [0.25, 0.3) is 5.91 Å². The summed E-state index contributed by atoms with van der Waals surface area (Å²) < 4.78 is 4.71. The van der Waals surface area contributed by atoms with Crippen LogP contribution in [0.25, 0.3) is 0 Å². The Morgan fingerprint density at radius 1 is 1.33 bits per heavy atom. The monoisotopic (exact) mass is 339 g/mol. The van der Waals surface area contributed by atoms with Crippen LogP contribution in [0.3, 0.4) is 0 Å². The van der Waals surface area contributed by atoms with E-state index in [-0.39, 0.29) is 11.8 Å². The molecule has 1 aliphatic carbocycles.